The standard InChI is InChI=1S/C16H13N5OS2/c1-21-15(11-6-3-2-4-7-11)18-19-16(21)24-10-13-17-14(20-22-13)12-8-5-9-23-12/h2-9H,10H2,1H3. The molecule has 0 aliphatic carbocycles. The zero-order valence-electron chi connectivity index (χ0n) is 12.8. The number of aromatic nitrogens is 5. The molecule has 3 aromatic heterocycles. The molecule has 0 spiro atoms. The van der Waals surface area contributed by atoms with Gasteiger partial charge in [0.15, 0.2) is 11.0 Å². The highest BCUT2D eigenvalue weighted by molar-refractivity contribution is 7.98. The second-order valence-corrected chi connectivity index (χ2v) is 6.90. The van der Waals surface area contributed by atoms with Gasteiger partial charge >= 0.3 is 0 Å². The molecule has 0 aliphatic heterocycles. The highest BCUT2D eigenvalue weighted by Gasteiger charge is 2.14. The van der Waals surface area contributed by atoms with Crippen molar-refractivity contribution in [3.8, 4) is 22.1 Å². The van der Waals surface area contributed by atoms with Crippen LogP contribution in [-0.2, 0) is 12.8 Å². The third kappa shape index (κ3) is 2.98. The van der Waals surface area contributed by atoms with Gasteiger partial charge in [0.05, 0.1) is 10.6 Å². The summed E-state index contributed by atoms with van der Waals surface area (Å²) in [7, 11) is 1.95. The van der Waals surface area contributed by atoms with E-state index in [1.54, 1.807) is 11.3 Å². The predicted molar refractivity (Wildman–Crippen MR) is 93.6 cm³/mol. The van der Waals surface area contributed by atoms with Crippen LogP contribution < -0.4 is 0 Å². The van der Waals surface area contributed by atoms with E-state index in [0.717, 1.165) is 21.4 Å². The Labute approximate surface area is 146 Å². The van der Waals surface area contributed by atoms with E-state index in [1.807, 2.05) is 59.5 Å². The van der Waals surface area contributed by atoms with E-state index in [2.05, 4.69) is 20.3 Å². The number of hydrogen-bond donors (Lipinski definition) is 0. The molecule has 8 heteroatoms. The molecule has 0 bridgehead atoms. The molecule has 0 N–H and O–H groups in total. The van der Waals surface area contributed by atoms with Gasteiger partial charge in [0.2, 0.25) is 11.7 Å². The Balaban J connectivity index is 1.48. The molecule has 6 nitrogen and oxygen atoms in total. The Hall–Kier alpha value is -2.45. The zero-order valence-corrected chi connectivity index (χ0v) is 14.4. The van der Waals surface area contributed by atoms with Gasteiger partial charge in [-0.3, -0.25) is 0 Å². The summed E-state index contributed by atoms with van der Waals surface area (Å²) in [5.74, 6) is 2.60. The third-order valence-corrected chi connectivity index (χ3v) is 5.27. The molecule has 0 amide bonds. The molecule has 3 heterocycles. The van der Waals surface area contributed by atoms with Gasteiger partial charge in [-0.25, -0.2) is 0 Å². The van der Waals surface area contributed by atoms with Gasteiger partial charge in [-0.2, -0.15) is 4.98 Å². The molecule has 4 rings (SSSR count). The first-order valence-corrected chi connectivity index (χ1v) is 9.12. The maximum Gasteiger partial charge on any atom is 0.237 e. The maximum atomic E-state index is 5.31. The molecule has 0 unspecified atom stereocenters. The molecule has 0 saturated heterocycles. The van der Waals surface area contributed by atoms with Gasteiger partial charge in [-0.05, 0) is 11.4 Å². The Morgan fingerprint density at radius 2 is 2.00 bits per heavy atom. The van der Waals surface area contributed by atoms with Gasteiger partial charge in [-0.1, -0.05) is 53.3 Å². The summed E-state index contributed by atoms with van der Waals surface area (Å²) in [5.41, 5.74) is 1.04. The van der Waals surface area contributed by atoms with Crippen LogP contribution in [-0.4, -0.2) is 24.9 Å². The summed E-state index contributed by atoms with van der Waals surface area (Å²) in [5, 5.41) is 15.3. The lowest BCUT2D eigenvalue weighted by molar-refractivity contribution is 0.391. The molecule has 0 atom stereocenters. The monoisotopic (exact) mass is 355 g/mol. The fraction of sp³-hybridized carbons (Fsp3) is 0.125. The number of hydrogen-bond acceptors (Lipinski definition) is 7. The van der Waals surface area contributed by atoms with E-state index in [1.165, 1.54) is 11.8 Å². The number of thioether (sulfide) groups is 1. The van der Waals surface area contributed by atoms with Crippen LogP contribution in [0, 0.1) is 0 Å². The summed E-state index contributed by atoms with van der Waals surface area (Å²) in [4.78, 5) is 5.42. The van der Waals surface area contributed by atoms with Crippen LogP contribution in [0.3, 0.4) is 0 Å². The van der Waals surface area contributed by atoms with E-state index in [-0.39, 0.29) is 0 Å². The number of nitrogens with zero attached hydrogens (tertiary/aromatic N) is 5. The van der Waals surface area contributed by atoms with Gasteiger partial charge in [0.25, 0.3) is 0 Å². The largest absolute Gasteiger partial charge is 0.338 e. The van der Waals surface area contributed by atoms with Crippen LogP contribution in [0.4, 0.5) is 0 Å². The van der Waals surface area contributed by atoms with Crippen molar-refractivity contribution in [2.75, 3.05) is 0 Å². The lowest BCUT2D eigenvalue weighted by atomic mass is 10.2. The quantitative estimate of drug-likeness (QED) is 0.506. The van der Waals surface area contributed by atoms with Gasteiger partial charge in [0.1, 0.15) is 0 Å². The second kappa shape index (κ2) is 6.58. The van der Waals surface area contributed by atoms with E-state index in [4.69, 9.17) is 4.52 Å². The first-order chi connectivity index (χ1) is 11.8. The summed E-state index contributed by atoms with van der Waals surface area (Å²) in [6.45, 7) is 0. The predicted octanol–water partition coefficient (Wildman–Crippen LogP) is 3.89. The Morgan fingerprint density at radius 3 is 2.79 bits per heavy atom. The molecular weight excluding hydrogens is 342 g/mol. The highest BCUT2D eigenvalue weighted by Crippen LogP contribution is 2.26. The van der Waals surface area contributed by atoms with Crippen molar-refractivity contribution < 1.29 is 4.52 Å². The van der Waals surface area contributed by atoms with Crippen LogP contribution >= 0.6 is 23.1 Å². The van der Waals surface area contributed by atoms with E-state index in [9.17, 15) is 0 Å². The normalized spacial score (nSPS) is 11.0. The average Bonchev–Trinajstić information content (AvgIpc) is 3.35. The van der Waals surface area contributed by atoms with E-state index >= 15 is 0 Å². The fourth-order valence-corrected chi connectivity index (χ4v) is 3.62. The SMILES string of the molecule is Cn1c(SCc2nc(-c3cccs3)no2)nnc1-c1ccccc1. The van der Waals surface area contributed by atoms with Crippen molar-refractivity contribution in [3.63, 3.8) is 0 Å². The first-order valence-electron chi connectivity index (χ1n) is 7.25. The first kappa shape index (κ1) is 15.1. The van der Waals surface area contributed by atoms with E-state index in [0.29, 0.717) is 17.5 Å². The molecule has 4 aromatic rings. The van der Waals surface area contributed by atoms with Crippen molar-refractivity contribution in [1.82, 2.24) is 24.9 Å². The highest BCUT2D eigenvalue weighted by atomic mass is 32.2. The molecule has 0 saturated carbocycles. The second-order valence-electron chi connectivity index (χ2n) is 5.01. The lowest BCUT2D eigenvalue weighted by Crippen LogP contribution is -1.95. The third-order valence-electron chi connectivity index (χ3n) is 3.40. The summed E-state index contributed by atoms with van der Waals surface area (Å²) >= 11 is 3.11. The minimum atomic E-state index is 0.555. The summed E-state index contributed by atoms with van der Waals surface area (Å²) in [6, 6.07) is 13.9. The molecule has 0 fully saturated rings. The van der Waals surface area contributed by atoms with Crippen molar-refractivity contribution in [3.05, 3.63) is 53.7 Å². The summed E-state index contributed by atoms with van der Waals surface area (Å²) < 4.78 is 7.28. The van der Waals surface area contributed by atoms with Gasteiger partial charge < -0.3 is 9.09 Å². The summed E-state index contributed by atoms with van der Waals surface area (Å²) in [6.07, 6.45) is 0. The minimum Gasteiger partial charge on any atom is -0.338 e. The van der Waals surface area contributed by atoms with Crippen LogP contribution in [0.5, 0.6) is 0 Å². The smallest absolute Gasteiger partial charge is 0.237 e. The minimum absolute atomic E-state index is 0.555. The maximum absolute atomic E-state index is 5.31. The topological polar surface area (TPSA) is 69.6 Å². The van der Waals surface area contributed by atoms with E-state index < -0.39 is 0 Å². The van der Waals surface area contributed by atoms with Crippen LogP contribution in [0.1, 0.15) is 5.89 Å². The van der Waals surface area contributed by atoms with Crippen LogP contribution in [0.15, 0.2) is 57.5 Å². The van der Waals surface area contributed by atoms with Crippen molar-refractivity contribution in [2.45, 2.75) is 10.9 Å². The van der Waals surface area contributed by atoms with Gasteiger partial charge in [-0.15, -0.1) is 21.5 Å². The lowest BCUT2D eigenvalue weighted by Gasteiger charge is -2.02. The Kier molecular flexibility index (Phi) is 4.14. The van der Waals surface area contributed by atoms with Crippen molar-refractivity contribution >= 4 is 23.1 Å². The molecule has 0 aliphatic rings. The fourth-order valence-electron chi connectivity index (χ4n) is 2.22. The number of thiophene rings is 1. The van der Waals surface area contributed by atoms with Gasteiger partial charge in [0, 0.05) is 12.6 Å². The molecule has 1 aromatic carbocycles. The average molecular weight is 355 g/mol. The van der Waals surface area contributed by atoms with Crippen LogP contribution in [0.2, 0.25) is 0 Å². The van der Waals surface area contributed by atoms with Crippen molar-refractivity contribution in [2.24, 2.45) is 7.05 Å². The number of benzene rings is 1. The molecular formula is C16H13N5OS2. The van der Waals surface area contributed by atoms with Crippen molar-refractivity contribution in [1.29, 1.82) is 0 Å². The number of rotatable bonds is 5. The molecule has 24 heavy (non-hydrogen) atoms. The Bertz CT molecular complexity index is 931. The molecule has 0 radical (unpaired) electrons. The van der Waals surface area contributed by atoms with Crippen LogP contribution in [0.25, 0.3) is 22.1 Å². The zero-order chi connectivity index (χ0) is 16.4. The molecule has 120 valence electrons. The Morgan fingerprint density at radius 1 is 1.12 bits per heavy atom.